The van der Waals surface area contributed by atoms with Crippen LogP contribution < -0.4 is 9.47 Å². The summed E-state index contributed by atoms with van der Waals surface area (Å²) < 4.78 is 12.8. The topological polar surface area (TPSA) is 18.5 Å². The molecule has 238 valence electrons. The van der Waals surface area contributed by atoms with Crippen LogP contribution in [-0.2, 0) is 27.8 Å². The second-order valence-corrected chi connectivity index (χ2v) is 25.8. The van der Waals surface area contributed by atoms with Crippen molar-refractivity contribution in [2.24, 2.45) is 23.7 Å². The van der Waals surface area contributed by atoms with E-state index in [1.807, 2.05) is 4.17 Å². The van der Waals surface area contributed by atoms with Crippen LogP contribution in [0.3, 0.4) is 0 Å². The van der Waals surface area contributed by atoms with E-state index < -0.39 is 15.0 Å². The molecule has 0 bridgehead atoms. The third kappa shape index (κ3) is 10.5. The van der Waals surface area contributed by atoms with Crippen LogP contribution in [0.4, 0.5) is 0 Å². The number of allylic oxidation sites excluding steroid dienone is 4. The van der Waals surface area contributed by atoms with Crippen LogP contribution in [0.2, 0.25) is 0 Å². The summed E-state index contributed by atoms with van der Waals surface area (Å²) in [6, 6.07) is 17.9. The van der Waals surface area contributed by atoms with Crippen molar-refractivity contribution >= 4 is 13.8 Å². The fourth-order valence-corrected chi connectivity index (χ4v) is 23.7. The van der Waals surface area contributed by atoms with E-state index in [1.54, 1.807) is 14.2 Å². The molecule has 5 heteroatoms. The zero-order valence-corrected chi connectivity index (χ0v) is 30.3. The van der Waals surface area contributed by atoms with Gasteiger partial charge < -0.3 is 0 Å². The van der Waals surface area contributed by atoms with E-state index in [4.69, 9.17) is 9.47 Å². The van der Waals surface area contributed by atoms with Gasteiger partial charge in [0.2, 0.25) is 0 Å². The molecular formula is C38H55O2P2Rh. The molecule has 3 aliphatic carbocycles. The molecule has 6 atom stereocenters. The maximum atomic E-state index is 5.42. The van der Waals surface area contributed by atoms with Crippen LogP contribution in [-0.4, -0.2) is 26.5 Å². The Hall–Kier alpha value is -0.997. The van der Waals surface area contributed by atoms with Gasteiger partial charge >= 0.3 is 272 Å². The fraction of sp³-hybridized carbons (Fsp3) is 0.579. The summed E-state index contributed by atoms with van der Waals surface area (Å²) in [6.07, 6.45) is 29.8. The summed E-state index contributed by atoms with van der Waals surface area (Å²) in [7, 11) is 3.54. The molecule has 0 N–H and O–H groups in total. The van der Waals surface area contributed by atoms with Gasteiger partial charge in [0.25, 0.3) is 0 Å². The van der Waals surface area contributed by atoms with Crippen LogP contribution in [0, 0.1) is 23.7 Å². The first-order valence-corrected chi connectivity index (χ1v) is 24.7. The summed E-state index contributed by atoms with van der Waals surface area (Å²) in [6.45, 7) is 2.45. The summed E-state index contributed by atoms with van der Waals surface area (Å²) in [5.74, 6) is 5.55. The normalized spacial score (nSPS) is 25.4. The van der Waals surface area contributed by atoms with E-state index >= 15 is 0 Å². The molecule has 2 nitrogen and oxygen atoms in total. The standard InChI is InChI=1S/2C15H22OP.C8H11.Rh/c2*1-16-15-8-6-12(7-9-15)10-13-4-2-3-5-14(13)11-17;1-2-4-6-8-7-5-3-1;/h2*6-9,13-14,17H,2-5,10-11H2,1H3;1-2,7H,3-6H2;/q2*-1;;+2. The van der Waals surface area contributed by atoms with Crippen molar-refractivity contribution in [1.29, 1.82) is 0 Å². The van der Waals surface area contributed by atoms with E-state index in [0.717, 1.165) is 35.2 Å². The van der Waals surface area contributed by atoms with Gasteiger partial charge in [0.1, 0.15) is 0 Å². The van der Waals surface area contributed by atoms with Gasteiger partial charge in [-0.05, 0) is 0 Å². The molecule has 0 radical (unpaired) electrons. The van der Waals surface area contributed by atoms with Crippen LogP contribution in [0.25, 0.3) is 0 Å². The monoisotopic (exact) mass is 708 g/mol. The van der Waals surface area contributed by atoms with Gasteiger partial charge in [0.05, 0.1) is 0 Å². The number of hydrogen-bond acceptors (Lipinski definition) is 2. The van der Waals surface area contributed by atoms with Crippen molar-refractivity contribution in [3.63, 3.8) is 0 Å². The zero-order valence-electron chi connectivity index (χ0n) is 26.6. The molecule has 3 aliphatic rings. The minimum atomic E-state index is -0.792. The summed E-state index contributed by atoms with van der Waals surface area (Å²) >= 11 is -0.792. The SMILES string of the molecule is COc1ccc(CC2CCCCC2C[PH][Rh]([PH]CC2CCCCC2Cc2ccc(OC)cc2)[C]2=CCCC=CCC2)cc1. The van der Waals surface area contributed by atoms with Crippen molar-refractivity contribution in [3.8, 4) is 11.5 Å². The Balaban J connectivity index is 1.23. The Bertz CT molecular complexity index is 1070. The van der Waals surface area contributed by atoms with E-state index in [9.17, 15) is 0 Å². The third-order valence-electron chi connectivity index (χ3n) is 9.95. The molecule has 0 spiro atoms. The van der Waals surface area contributed by atoms with E-state index in [0.29, 0.717) is 0 Å². The molecule has 2 aromatic rings. The fourth-order valence-electron chi connectivity index (χ4n) is 7.31. The Morgan fingerprint density at radius 1 is 0.605 bits per heavy atom. The van der Waals surface area contributed by atoms with Gasteiger partial charge in [0, 0.05) is 0 Å². The molecule has 0 aromatic heterocycles. The van der Waals surface area contributed by atoms with Crippen LogP contribution >= 0.6 is 13.8 Å². The summed E-state index contributed by atoms with van der Waals surface area (Å²) in [4.78, 5) is 0. The molecule has 2 aromatic carbocycles. The van der Waals surface area contributed by atoms with Crippen molar-refractivity contribution < 1.29 is 24.5 Å². The quantitative estimate of drug-likeness (QED) is 0.117. The molecule has 43 heavy (non-hydrogen) atoms. The van der Waals surface area contributed by atoms with Crippen molar-refractivity contribution in [2.75, 3.05) is 26.5 Å². The number of methoxy groups -OCH3 is 2. The van der Waals surface area contributed by atoms with Crippen molar-refractivity contribution in [1.82, 2.24) is 0 Å². The maximum absolute atomic E-state index is 5.42. The van der Waals surface area contributed by atoms with E-state index in [1.165, 1.54) is 127 Å². The first kappa shape index (κ1) is 33.4. The summed E-state index contributed by atoms with van der Waals surface area (Å²) in [5, 5.41) is 0. The molecule has 2 fully saturated rings. The Morgan fingerprint density at radius 3 is 1.56 bits per heavy atom. The van der Waals surface area contributed by atoms with Crippen molar-refractivity contribution in [3.05, 3.63) is 82.1 Å². The zero-order chi connectivity index (χ0) is 29.7. The van der Waals surface area contributed by atoms with Crippen LogP contribution in [0.5, 0.6) is 11.5 Å². The van der Waals surface area contributed by atoms with E-state index in [2.05, 4.69) is 66.8 Å². The molecular weight excluding hydrogens is 653 g/mol. The first-order chi connectivity index (χ1) is 21.2. The van der Waals surface area contributed by atoms with E-state index in [-0.39, 0.29) is 0 Å². The molecule has 0 amide bonds. The summed E-state index contributed by atoms with van der Waals surface area (Å²) in [5.41, 5.74) is 3.01. The molecule has 0 aliphatic heterocycles. The number of hydrogen-bond donors (Lipinski definition) is 0. The molecule has 5 rings (SSSR count). The second kappa shape index (κ2) is 18.2. The van der Waals surface area contributed by atoms with Gasteiger partial charge in [0.15, 0.2) is 0 Å². The Morgan fingerprint density at radius 2 is 1.07 bits per heavy atom. The van der Waals surface area contributed by atoms with Gasteiger partial charge in [-0.2, -0.15) is 0 Å². The van der Waals surface area contributed by atoms with Gasteiger partial charge in [-0.1, -0.05) is 0 Å². The molecule has 6 unspecified atom stereocenters. The predicted molar refractivity (Wildman–Crippen MR) is 186 cm³/mol. The van der Waals surface area contributed by atoms with Gasteiger partial charge in [-0.3, -0.25) is 0 Å². The molecule has 0 saturated heterocycles. The van der Waals surface area contributed by atoms with Crippen LogP contribution in [0.1, 0.15) is 88.2 Å². The average Bonchev–Trinajstić information content (AvgIpc) is 3.03. The second-order valence-electron chi connectivity index (χ2n) is 12.8. The van der Waals surface area contributed by atoms with Crippen molar-refractivity contribution in [2.45, 2.75) is 89.9 Å². The molecule has 2 saturated carbocycles. The molecule has 0 heterocycles. The Kier molecular flexibility index (Phi) is 14.1. The predicted octanol–water partition coefficient (Wildman–Crippen LogP) is 10.9. The minimum absolute atomic E-state index is 0.792. The van der Waals surface area contributed by atoms with Gasteiger partial charge in [-0.25, -0.2) is 0 Å². The number of ether oxygens (including phenoxy) is 2. The third-order valence-corrected chi connectivity index (χ3v) is 25.7. The average molecular weight is 709 g/mol. The Labute approximate surface area is 270 Å². The number of benzene rings is 2. The number of rotatable bonds is 13. The van der Waals surface area contributed by atoms with Gasteiger partial charge in [-0.15, -0.1) is 0 Å². The van der Waals surface area contributed by atoms with Crippen LogP contribution in [0.15, 0.2) is 70.9 Å². The first-order valence-electron chi connectivity index (χ1n) is 16.9.